The Balaban J connectivity index is 1.24. The molecule has 6 rings (SSSR count). The zero-order chi connectivity index (χ0) is 23.2. The third kappa shape index (κ3) is 3.53. The molecule has 2 N–H and O–H groups in total. The number of hydrogen-bond donors (Lipinski definition) is 2. The van der Waals surface area contributed by atoms with Gasteiger partial charge in [-0.3, -0.25) is 4.79 Å². The van der Waals surface area contributed by atoms with Crippen molar-refractivity contribution in [1.29, 1.82) is 0 Å². The standard InChI is InChI=1S/C24H28N8O2/c1-31-19-12-14(5-10-18(19)29-30-31)17-13-25-22-21(17)23(34-2)28-24(27-22)26-15-6-8-16(9-7-15)32-11-3-4-20(32)33/h5,10,12-13,15-16H,3-4,6-9,11H2,1-2H3,(H2,25,26,27,28)/t15-,16+. The van der Waals surface area contributed by atoms with Gasteiger partial charge in [-0.05, 0) is 49.8 Å². The first kappa shape index (κ1) is 20.9. The fourth-order valence-electron chi connectivity index (χ4n) is 5.41. The molecule has 0 unspecified atom stereocenters. The monoisotopic (exact) mass is 460 g/mol. The zero-order valence-electron chi connectivity index (χ0n) is 19.4. The number of amides is 1. The maximum absolute atomic E-state index is 12.1. The number of methoxy groups -OCH3 is 1. The minimum atomic E-state index is 0.283. The minimum absolute atomic E-state index is 0.283. The summed E-state index contributed by atoms with van der Waals surface area (Å²) in [6.07, 6.45) is 7.66. The van der Waals surface area contributed by atoms with E-state index in [1.165, 1.54) is 0 Å². The highest BCUT2D eigenvalue weighted by Crippen LogP contribution is 2.36. The Kier molecular flexibility index (Phi) is 5.08. The smallest absolute Gasteiger partial charge is 0.228 e. The van der Waals surface area contributed by atoms with E-state index < -0.39 is 0 Å². The second kappa shape index (κ2) is 8.27. The fraction of sp³-hybridized carbons (Fsp3) is 0.458. The number of benzene rings is 1. The topological polar surface area (TPSA) is 114 Å². The van der Waals surface area contributed by atoms with E-state index in [0.717, 1.165) is 71.8 Å². The van der Waals surface area contributed by atoms with Gasteiger partial charge in [0.25, 0.3) is 0 Å². The highest BCUT2D eigenvalue weighted by molar-refractivity contribution is 5.99. The van der Waals surface area contributed by atoms with Gasteiger partial charge in [-0.2, -0.15) is 9.97 Å². The van der Waals surface area contributed by atoms with Crippen LogP contribution in [0, 0.1) is 0 Å². The molecule has 4 aromatic rings. The molecular weight excluding hydrogens is 432 g/mol. The van der Waals surface area contributed by atoms with Gasteiger partial charge in [-0.25, -0.2) is 4.68 Å². The Morgan fingerprint density at radius 3 is 2.79 bits per heavy atom. The van der Waals surface area contributed by atoms with Crippen LogP contribution in [-0.4, -0.2) is 66.5 Å². The number of carbonyl (C=O) groups excluding carboxylic acids is 1. The summed E-state index contributed by atoms with van der Waals surface area (Å²) >= 11 is 0. The first-order valence-electron chi connectivity index (χ1n) is 11.9. The van der Waals surface area contributed by atoms with Crippen LogP contribution in [0.25, 0.3) is 33.2 Å². The van der Waals surface area contributed by atoms with Crippen molar-refractivity contribution in [3.8, 4) is 17.0 Å². The number of anilines is 1. The normalized spacial score (nSPS) is 21.0. The summed E-state index contributed by atoms with van der Waals surface area (Å²) < 4.78 is 7.45. The number of fused-ring (bicyclic) bond motifs is 2. The van der Waals surface area contributed by atoms with E-state index in [-0.39, 0.29) is 6.04 Å². The van der Waals surface area contributed by atoms with Gasteiger partial charge in [-0.1, -0.05) is 11.3 Å². The lowest BCUT2D eigenvalue weighted by Gasteiger charge is -2.34. The average Bonchev–Trinajstić information content (AvgIpc) is 3.57. The summed E-state index contributed by atoms with van der Waals surface area (Å²) in [5.41, 5.74) is 4.52. The Morgan fingerprint density at radius 2 is 2.03 bits per heavy atom. The maximum Gasteiger partial charge on any atom is 0.228 e. The molecule has 10 heteroatoms. The van der Waals surface area contributed by atoms with E-state index in [1.807, 2.05) is 25.4 Å². The first-order valence-corrected chi connectivity index (χ1v) is 11.9. The molecular formula is C24H28N8O2. The number of aryl methyl sites for hydroxylation is 1. The third-order valence-corrected chi connectivity index (χ3v) is 7.19. The van der Waals surface area contributed by atoms with Gasteiger partial charge in [0, 0.05) is 43.9 Å². The zero-order valence-corrected chi connectivity index (χ0v) is 19.4. The molecule has 1 saturated carbocycles. The number of ether oxygens (including phenoxy) is 1. The highest BCUT2D eigenvalue weighted by Gasteiger charge is 2.31. The van der Waals surface area contributed by atoms with Gasteiger partial charge in [0.2, 0.25) is 17.7 Å². The second-order valence-electron chi connectivity index (χ2n) is 9.24. The van der Waals surface area contributed by atoms with Gasteiger partial charge in [0.1, 0.15) is 11.2 Å². The van der Waals surface area contributed by atoms with Gasteiger partial charge in [0.15, 0.2) is 0 Å². The predicted octanol–water partition coefficient (Wildman–Crippen LogP) is 3.26. The highest BCUT2D eigenvalue weighted by atomic mass is 16.5. The summed E-state index contributed by atoms with van der Waals surface area (Å²) in [5, 5.41) is 12.6. The lowest BCUT2D eigenvalue weighted by atomic mass is 9.90. The lowest BCUT2D eigenvalue weighted by molar-refractivity contribution is -0.130. The summed E-state index contributed by atoms with van der Waals surface area (Å²) in [7, 11) is 3.52. The summed E-state index contributed by atoms with van der Waals surface area (Å²) in [6.45, 7) is 0.914. The average molecular weight is 461 g/mol. The summed E-state index contributed by atoms with van der Waals surface area (Å²) in [4.78, 5) is 26.9. The molecule has 1 saturated heterocycles. The molecule has 4 heterocycles. The number of nitrogens with one attached hydrogen (secondary N) is 2. The number of aromatic amines is 1. The number of nitrogens with zero attached hydrogens (tertiary/aromatic N) is 6. The molecule has 2 fully saturated rings. The number of rotatable bonds is 5. The van der Waals surface area contributed by atoms with Crippen LogP contribution < -0.4 is 10.1 Å². The van der Waals surface area contributed by atoms with Crippen LogP contribution in [0.4, 0.5) is 5.95 Å². The Morgan fingerprint density at radius 1 is 1.18 bits per heavy atom. The molecule has 0 radical (unpaired) electrons. The number of aromatic nitrogens is 6. The Bertz CT molecular complexity index is 1370. The third-order valence-electron chi connectivity index (χ3n) is 7.19. The molecule has 1 aromatic carbocycles. The van der Waals surface area contributed by atoms with Gasteiger partial charge < -0.3 is 19.9 Å². The van der Waals surface area contributed by atoms with Crippen molar-refractivity contribution in [3.63, 3.8) is 0 Å². The van der Waals surface area contributed by atoms with E-state index in [2.05, 4.69) is 31.6 Å². The van der Waals surface area contributed by atoms with E-state index >= 15 is 0 Å². The first-order chi connectivity index (χ1) is 16.6. The van der Waals surface area contributed by atoms with E-state index in [0.29, 0.717) is 30.2 Å². The van der Waals surface area contributed by atoms with Gasteiger partial charge in [0.05, 0.1) is 18.0 Å². The maximum atomic E-state index is 12.1. The number of H-pyrrole nitrogens is 1. The summed E-state index contributed by atoms with van der Waals surface area (Å²) in [5.74, 6) is 1.41. The molecule has 3 aromatic heterocycles. The molecule has 1 aliphatic heterocycles. The second-order valence-corrected chi connectivity index (χ2v) is 9.24. The molecule has 10 nitrogen and oxygen atoms in total. The van der Waals surface area contributed by atoms with E-state index in [1.54, 1.807) is 11.8 Å². The van der Waals surface area contributed by atoms with Crippen molar-refractivity contribution in [2.45, 2.75) is 50.6 Å². The van der Waals surface area contributed by atoms with Crippen molar-refractivity contribution in [2.24, 2.45) is 7.05 Å². The van der Waals surface area contributed by atoms with Crippen LogP contribution >= 0.6 is 0 Å². The largest absolute Gasteiger partial charge is 0.480 e. The Hall–Kier alpha value is -3.69. The molecule has 0 spiro atoms. The molecule has 34 heavy (non-hydrogen) atoms. The Labute approximate surface area is 196 Å². The van der Waals surface area contributed by atoms with Crippen LogP contribution in [0.2, 0.25) is 0 Å². The van der Waals surface area contributed by atoms with Crippen molar-refractivity contribution < 1.29 is 9.53 Å². The van der Waals surface area contributed by atoms with Crippen LogP contribution in [-0.2, 0) is 11.8 Å². The van der Waals surface area contributed by atoms with Crippen molar-refractivity contribution >= 4 is 33.9 Å². The van der Waals surface area contributed by atoms with Crippen LogP contribution in [0.5, 0.6) is 5.88 Å². The molecule has 0 bridgehead atoms. The van der Waals surface area contributed by atoms with Gasteiger partial charge >= 0.3 is 0 Å². The van der Waals surface area contributed by atoms with Crippen molar-refractivity contribution in [2.75, 3.05) is 19.0 Å². The molecule has 0 atom stereocenters. The summed E-state index contributed by atoms with van der Waals surface area (Å²) in [6, 6.07) is 6.71. The van der Waals surface area contributed by atoms with Crippen LogP contribution in [0.3, 0.4) is 0 Å². The number of likely N-dealkylation sites (tertiary alicyclic amines) is 1. The van der Waals surface area contributed by atoms with Crippen LogP contribution in [0.15, 0.2) is 24.4 Å². The minimum Gasteiger partial charge on any atom is -0.480 e. The van der Waals surface area contributed by atoms with E-state index in [4.69, 9.17) is 14.7 Å². The quantitative estimate of drug-likeness (QED) is 0.470. The van der Waals surface area contributed by atoms with Gasteiger partial charge in [-0.15, -0.1) is 5.10 Å². The van der Waals surface area contributed by atoms with Crippen molar-refractivity contribution in [1.82, 2.24) is 34.8 Å². The van der Waals surface area contributed by atoms with Crippen LogP contribution in [0.1, 0.15) is 38.5 Å². The van der Waals surface area contributed by atoms with Crippen molar-refractivity contribution in [3.05, 3.63) is 24.4 Å². The number of hydrogen-bond acceptors (Lipinski definition) is 7. The SMILES string of the molecule is COc1nc(N[C@H]2CC[C@@H](N3CCCC3=O)CC2)nc2[nH]cc(-c3ccc4nnn(C)c4c3)c12. The molecule has 1 amide bonds. The molecule has 176 valence electrons. The van der Waals surface area contributed by atoms with E-state index in [9.17, 15) is 4.79 Å². The molecule has 2 aliphatic rings. The fourth-order valence-corrected chi connectivity index (χ4v) is 5.41. The molecule has 1 aliphatic carbocycles. The number of carbonyl (C=O) groups is 1. The predicted molar refractivity (Wildman–Crippen MR) is 129 cm³/mol. The lowest BCUT2D eigenvalue weighted by Crippen LogP contribution is -2.41.